The van der Waals surface area contributed by atoms with E-state index < -0.39 is 0 Å². The SMILES string of the molecule is COc1ccc2cc([C@H](C)C(=O)N(C)CCO)ccc2c1. The van der Waals surface area contributed by atoms with E-state index in [0.29, 0.717) is 6.54 Å². The Hall–Kier alpha value is -2.07. The molecule has 1 amide bonds. The molecule has 0 bridgehead atoms. The highest BCUT2D eigenvalue weighted by atomic mass is 16.5. The molecule has 4 heteroatoms. The van der Waals surface area contributed by atoms with Crippen LogP contribution in [-0.4, -0.2) is 43.2 Å². The third-order valence-corrected chi connectivity index (χ3v) is 3.75. The average molecular weight is 287 g/mol. The number of ether oxygens (including phenoxy) is 1. The van der Waals surface area contributed by atoms with Crippen LogP contribution in [0, 0.1) is 0 Å². The molecule has 112 valence electrons. The lowest BCUT2D eigenvalue weighted by molar-refractivity contribution is -0.131. The second kappa shape index (κ2) is 6.59. The van der Waals surface area contributed by atoms with Gasteiger partial charge in [-0.15, -0.1) is 0 Å². The molecule has 2 aromatic carbocycles. The number of fused-ring (bicyclic) bond motifs is 1. The molecular formula is C17H21NO3. The minimum atomic E-state index is -0.229. The van der Waals surface area contributed by atoms with Crippen molar-refractivity contribution in [3.05, 3.63) is 42.0 Å². The number of hydrogen-bond acceptors (Lipinski definition) is 3. The van der Waals surface area contributed by atoms with Crippen LogP contribution in [0.15, 0.2) is 36.4 Å². The van der Waals surface area contributed by atoms with Gasteiger partial charge in [0.15, 0.2) is 0 Å². The Balaban J connectivity index is 2.28. The zero-order valence-corrected chi connectivity index (χ0v) is 12.7. The van der Waals surface area contributed by atoms with Crippen LogP contribution in [0.1, 0.15) is 18.4 Å². The second-order valence-corrected chi connectivity index (χ2v) is 5.18. The predicted molar refractivity (Wildman–Crippen MR) is 83.6 cm³/mol. The van der Waals surface area contributed by atoms with Crippen LogP contribution in [0.25, 0.3) is 10.8 Å². The van der Waals surface area contributed by atoms with Crippen LogP contribution in [0.2, 0.25) is 0 Å². The van der Waals surface area contributed by atoms with E-state index in [1.807, 2.05) is 43.3 Å². The molecule has 0 spiro atoms. The van der Waals surface area contributed by atoms with E-state index in [1.165, 1.54) is 0 Å². The third-order valence-electron chi connectivity index (χ3n) is 3.75. The van der Waals surface area contributed by atoms with Crippen molar-refractivity contribution in [1.82, 2.24) is 4.90 Å². The minimum Gasteiger partial charge on any atom is -0.497 e. The first-order chi connectivity index (χ1) is 10.1. The molecule has 0 saturated heterocycles. The maximum absolute atomic E-state index is 12.3. The molecule has 1 N–H and O–H groups in total. The maximum atomic E-state index is 12.3. The fraction of sp³-hybridized carbons (Fsp3) is 0.353. The first-order valence-corrected chi connectivity index (χ1v) is 7.00. The number of carbonyl (C=O) groups is 1. The number of aliphatic hydroxyl groups is 1. The lowest BCUT2D eigenvalue weighted by Crippen LogP contribution is -2.32. The van der Waals surface area contributed by atoms with Gasteiger partial charge in [0.2, 0.25) is 5.91 Å². The summed E-state index contributed by atoms with van der Waals surface area (Å²) < 4.78 is 5.21. The quantitative estimate of drug-likeness (QED) is 0.918. The topological polar surface area (TPSA) is 49.8 Å². The Bertz CT molecular complexity index is 639. The van der Waals surface area contributed by atoms with Crippen LogP contribution in [-0.2, 0) is 4.79 Å². The van der Waals surface area contributed by atoms with Gasteiger partial charge >= 0.3 is 0 Å². The standard InChI is InChI=1S/C17H21NO3/c1-12(17(20)18(2)8-9-19)13-4-5-15-11-16(21-3)7-6-14(15)10-13/h4-7,10-12,19H,8-9H2,1-3H3/t12-/m0/s1. The Kier molecular flexibility index (Phi) is 4.81. The predicted octanol–water partition coefficient (Wildman–Crippen LogP) is 2.40. The highest BCUT2D eigenvalue weighted by Gasteiger charge is 2.19. The number of likely N-dealkylation sites (N-methyl/N-ethyl adjacent to an activating group) is 1. The van der Waals surface area contributed by atoms with E-state index in [9.17, 15) is 4.79 Å². The summed E-state index contributed by atoms with van der Waals surface area (Å²) in [5.41, 5.74) is 0.974. The van der Waals surface area contributed by atoms with Gasteiger partial charge in [-0.25, -0.2) is 0 Å². The van der Waals surface area contributed by atoms with Crippen LogP contribution in [0.3, 0.4) is 0 Å². The van der Waals surface area contributed by atoms with Crippen LogP contribution >= 0.6 is 0 Å². The smallest absolute Gasteiger partial charge is 0.229 e. The minimum absolute atomic E-state index is 0.0110. The van der Waals surface area contributed by atoms with Crippen molar-refractivity contribution in [2.24, 2.45) is 0 Å². The molecular weight excluding hydrogens is 266 g/mol. The van der Waals surface area contributed by atoms with E-state index in [2.05, 4.69) is 0 Å². The summed E-state index contributed by atoms with van der Waals surface area (Å²) in [7, 11) is 3.36. The van der Waals surface area contributed by atoms with Gasteiger partial charge in [-0.1, -0.05) is 24.3 Å². The molecule has 0 heterocycles. The molecule has 0 saturated carbocycles. The summed E-state index contributed by atoms with van der Waals surface area (Å²) in [5, 5.41) is 11.1. The number of hydrogen-bond donors (Lipinski definition) is 1. The van der Waals surface area contributed by atoms with Crippen molar-refractivity contribution >= 4 is 16.7 Å². The zero-order chi connectivity index (χ0) is 15.4. The monoisotopic (exact) mass is 287 g/mol. The molecule has 0 unspecified atom stereocenters. The molecule has 1 atom stereocenters. The van der Waals surface area contributed by atoms with Crippen molar-refractivity contribution < 1.29 is 14.6 Å². The van der Waals surface area contributed by atoms with Gasteiger partial charge in [-0.3, -0.25) is 4.79 Å². The highest BCUT2D eigenvalue weighted by Crippen LogP contribution is 2.25. The summed E-state index contributed by atoms with van der Waals surface area (Å²) in [4.78, 5) is 13.8. The second-order valence-electron chi connectivity index (χ2n) is 5.18. The fourth-order valence-corrected chi connectivity index (χ4v) is 2.37. The van der Waals surface area contributed by atoms with Crippen molar-refractivity contribution in [1.29, 1.82) is 0 Å². The molecule has 2 rings (SSSR count). The van der Waals surface area contributed by atoms with Crippen molar-refractivity contribution in [2.75, 3.05) is 27.3 Å². The number of amides is 1. The lowest BCUT2D eigenvalue weighted by Gasteiger charge is -2.21. The van der Waals surface area contributed by atoms with E-state index in [0.717, 1.165) is 22.1 Å². The Morgan fingerprint density at radius 2 is 1.90 bits per heavy atom. The number of benzene rings is 2. The molecule has 4 nitrogen and oxygen atoms in total. The molecule has 0 aromatic heterocycles. The first-order valence-electron chi connectivity index (χ1n) is 7.00. The van der Waals surface area contributed by atoms with Gasteiger partial charge in [0.1, 0.15) is 5.75 Å². The van der Waals surface area contributed by atoms with Gasteiger partial charge in [-0.05, 0) is 35.4 Å². The average Bonchev–Trinajstić information content (AvgIpc) is 2.52. The van der Waals surface area contributed by atoms with E-state index in [-0.39, 0.29) is 18.4 Å². The number of rotatable bonds is 5. The molecule has 0 aliphatic carbocycles. The van der Waals surface area contributed by atoms with Gasteiger partial charge in [0.05, 0.1) is 19.6 Å². The molecule has 0 aliphatic rings. The molecule has 2 aromatic rings. The van der Waals surface area contributed by atoms with Gasteiger partial charge in [0.25, 0.3) is 0 Å². The maximum Gasteiger partial charge on any atom is 0.229 e. The lowest BCUT2D eigenvalue weighted by atomic mass is 9.96. The fourth-order valence-electron chi connectivity index (χ4n) is 2.37. The van der Waals surface area contributed by atoms with Crippen LogP contribution in [0.4, 0.5) is 0 Å². The number of aliphatic hydroxyl groups excluding tert-OH is 1. The summed E-state index contributed by atoms with van der Waals surface area (Å²) in [6.45, 7) is 2.22. The molecule has 21 heavy (non-hydrogen) atoms. The highest BCUT2D eigenvalue weighted by molar-refractivity contribution is 5.88. The zero-order valence-electron chi connectivity index (χ0n) is 12.7. The summed E-state index contributed by atoms with van der Waals surface area (Å²) in [6, 6.07) is 11.9. The Morgan fingerprint density at radius 3 is 2.57 bits per heavy atom. The third kappa shape index (κ3) is 3.34. The summed E-state index contributed by atoms with van der Waals surface area (Å²) >= 11 is 0. The van der Waals surface area contributed by atoms with Crippen LogP contribution in [0.5, 0.6) is 5.75 Å². The summed E-state index contributed by atoms with van der Waals surface area (Å²) in [5.74, 6) is 0.604. The van der Waals surface area contributed by atoms with Crippen molar-refractivity contribution in [2.45, 2.75) is 12.8 Å². The number of carbonyl (C=O) groups excluding carboxylic acids is 1. The van der Waals surface area contributed by atoms with Gasteiger partial charge in [-0.2, -0.15) is 0 Å². The Labute approximate surface area is 124 Å². The largest absolute Gasteiger partial charge is 0.497 e. The molecule has 0 radical (unpaired) electrons. The normalized spacial score (nSPS) is 12.2. The van der Waals surface area contributed by atoms with Gasteiger partial charge in [0, 0.05) is 13.6 Å². The van der Waals surface area contributed by atoms with E-state index in [1.54, 1.807) is 19.1 Å². The number of nitrogens with zero attached hydrogens (tertiary/aromatic N) is 1. The van der Waals surface area contributed by atoms with Crippen molar-refractivity contribution in [3.8, 4) is 5.75 Å². The van der Waals surface area contributed by atoms with E-state index >= 15 is 0 Å². The van der Waals surface area contributed by atoms with E-state index in [4.69, 9.17) is 9.84 Å². The first kappa shape index (κ1) is 15.3. The van der Waals surface area contributed by atoms with Crippen molar-refractivity contribution in [3.63, 3.8) is 0 Å². The molecule has 0 fully saturated rings. The number of methoxy groups -OCH3 is 1. The molecule has 0 aliphatic heterocycles. The summed E-state index contributed by atoms with van der Waals surface area (Å²) in [6.07, 6.45) is 0. The van der Waals surface area contributed by atoms with Gasteiger partial charge < -0.3 is 14.7 Å². The van der Waals surface area contributed by atoms with Crippen LogP contribution < -0.4 is 4.74 Å². The Morgan fingerprint density at radius 1 is 1.24 bits per heavy atom.